The summed E-state index contributed by atoms with van der Waals surface area (Å²) in [4.78, 5) is 0. The van der Waals surface area contributed by atoms with E-state index in [0.717, 1.165) is 32.3 Å². The maximum atomic E-state index is 6.00. The molecule has 2 rings (SSSR count). The largest absolute Gasteiger partial charge is 0.347 e. The standard InChI is InChI=1S/C12H20O2/c1-3-4-5-11-9-13-12(14-11)7-6-10(2)8-12/h11H,2-9H2,1H3. The normalized spacial score (nSPS) is 37.2. The topological polar surface area (TPSA) is 18.5 Å². The van der Waals surface area contributed by atoms with Crippen molar-refractivity contribution in [2.75, 3.05) is 6.61 Å². The van der Waals surface area contributed by atoms with E-state index in [2.05, 4.69) is 13.5 Å². The first-order chi connectivity index (χ1) is 6.74. The van der Waals surface area contributed by atoms with Crippen LogP contribution in [-0.2, 0) is 9.47 Å². The summed E-state index contributed by atoms with van der Waals surface area (Å²) < 4.78 is 11.8. The summed E-state index contributed by atoms with van der Waals surface area (Å²) >= 11 is 0. The molecule has 1 heterocycles. The van der Waals surface area contributed by atoms with Crippen LogP contribution in [0, 0.1) is 0 Å². The van der Waals surface area contributed by atoms with Crippen LogP contribution < -0.4 is 0 Å². The summed E-state index contributed by atoms with van der Waals surface area (Å²) in [5, 5.41) is 0. The van der Waals surface area contributed by atoms with Crippen molar-refractivity contribution in [2.45, 2.75) is 57.3 Å². The van der Waals surface area contributed by atoms with Gasteiger partial charge in [0.15, 0.2) is 5.79 Å². The van der Waals surface area contributed by atoms with Gasteiger partial charge in [0, 0.05) is 12.8 Å². The second kappa shape index (κ2) is 4.03. The van der Waals surface area contributed by atoms with Crippen molar-refractivity contribution in [1.29, 1.82) is 0 Å². The van der Waals surface area contributed by atoms with Crippen LogP contribution in [0.1, 0.15) is 45.4 Å². The second-order valence-corrected chi connectivity index (χ2v) is 4.53. The van der Waals surface area contributed by atoms with Crippen LogP contribution in [0.25, 0.3) is 0 Å². The predicted octanol–water partition coefficient (Wildman–Crippen LogP) is 3.03. The highest BCUT2D eigenvalue weighted by Crippen LogP contribution is 2.42. The third-order valence-electron chi connectivity index (χ3n) is 3.17. The molecule has 0 aromatic rings. The average molecular weight is 196 g/mol. The smallest absolute Gasteiger partial charge is 0.172 e. The molecule has 1 spiro atoms. The minimum absolute atomic E-state index is 0.268. The van der Waals surface area contributed by atoms with Crippen molar-refractivity contribution in [1.82, 2.24) is 0 Å². The summed E-state index contributed by atoms with van der Waals surface area (Å²) in [5.41, 5.74) is 1.28. The molecule has 0 aromatic carbocycles. The van der Waals surface area contributed by atoms with E-state index in [1.54, 1.807) is 0 Å². The first-order valence-electron chi connectivity index (χ1n) is 5.72. The summed E-state index contributed by atoms with van der Waals surface area (Å²) in [5.74, 6) is -0.268. The molecule has 2 fully saturated rings. The minimum atomic E-state index is -0.268. The zero-order chi connectivity index (χ0) is 10.0. The van der Waals surface area contributed by atoms with Gasteiger partial charge < -0.3 is 9.47 Å². The van der Waals surface area contributed by atoms with Crippen molar-refractivity contribution in [3.05, 3.63) is 12.2 Å². The summed E-state index contributed by atoms with van der Waals surface area (Å²) in [6.45, 7) is 7.00. The average Bonchev–Trinajstić information content (AvgIpc) is 2.72. The van der Waals surface area contributed by atoms with E-state index in [0.29, 0.717) is 6.10 Å². The highest BCUT2D eigenvalue weighted by Gasteiger charge is 2.44. The number of hydrogen-bond acceptors (Lipinski definition) is 2. The zero-order valence-electron chi connectivity index (χ0n) is 9.05. The predicted molar refractivity (Wildman–Crippen MR) is 56.1 cm³/mol. The fourth-order valence-corrected chi connectivity index (χ4v) is 2.34. The van der Waals surface area contributed by atoms with Crippen LogP contribution in [-0.4, -0.2) is 18.5 Å². The van der Waals surface area contributed by atoms with E-state index < -0.39 is 0 Å². The Kier molecular flexibility index (Phi) is 2.93. The summed E-state index contributed by atoms with van der Waals surface area (Å²) in [6, 6.07) is 0. The van der Waals surface area contributed by atoms with Gasteiger partial charge in [0.2, 0.25) is 0 Å². The van der Waals surface area contributed by atoms with Gasteiger partial charge in [0.25, 0.3) is 0 Å². The molecule has 80 valence electrons. The van der Waals surface area contributed by atoms with Gasteiger partial charge in [-0.15, -0.1) is 0 Å². The third-order valence-corrected chi connectivity index (χ3v) is 3.17. The molecule has 0 aromatic heterocycles. The molecule has 2 nitrogen and oxygen atoms in total. The van der Waals surface area contributed by atoms with Gasteiger partial charge in [0.05, 0.1) is 12.7 Å². The van der Waals surface area contributed by atoms with Crippen molar-refractivity contribution >= 4 is 0 Å². The van der Waals surface area contributed by atoms with Crippen LogP contribution in [0.2, 0.25) is 0 Å². The van der Waals surface area contributed by atoms with E-state index >= 15 is 0 Å². The van der Waals surface area contributed by atoms with Gasteiger partial charge in [-0.1, -0.05) is 31.9 Å². The highest BCUT2D eigenvalue weighted by molar-refractivity contribution is 5.08. The molecule has 2 aliphatic rings. The molecule has 0 amide bonds. The van der Waals surface area contributed by atoms with E-state index in [1.165, 1.54) is 18.4 Å². The molecule has 2 atom stereocenters. The Balaban J connectivity index is 1.84. The lowest BCUT2D eigenvalue weighted by Crippen LogP contribution is -2.26. The molecule has 1 saturated heterocycles. The summed E-state index contributed by atoms with van der Waals surface area (Å²) in [7, 11) is 0. The Morgan fingerprint density at radius 1 is 1.57 bits per heavy atom. The summed E-state index contributed by atoms with van der Waals surface area (Å²) in [6.07, 6.45) is 6.95. The molecule has 0 N–H and O–H groups in total. The lowest BCUT2D eigenvalue weighted by Gasteiger charge is -2.21. The Morgan fingerprint density at radius 2 is 2.43 bits per heavy atom. The molecule has 2 heteroatoms. The van der Waals surface area contributed by atoms with Gasteiger partial charge >= 0.3 is 0 Å². The molecule has 0 radical (unpaired) electrons. The van der Waals surface area contributed by atoms with Crippen molar-refractivity contribution in [2.24, 2.45) is 0 Å². The SMILES string of the molecule is C=C1CCC2(C1)OCC(CCCC)O2. The minimum Gasteiger partial charge on any atom is -0.347 e. The molecule has 0 bridgehead atoms. The quantitative estimate of drug-likeness (QED) is 0.646. The molecular formula is C12H20O2. The van der Waals surface area contributed by atoms with Gasteiger partial charge in [-0.05, 0) is 12.8 Å². The number of unbranched alkanes of at least 4 members (excludes halogenated alkanes) is 1. The Labute approximate surface area is 86.3 Å². The van der Waals surface area contributed by atoms with Crippen LogP contribution >= 0.6 is 0 Å². The van der Waals surface area contributed by atoms with Gasteiger partial charge in [0.1, 0.15) is 0 Å². The maximum Gasteiger partial charge on any atom is 0.172 e. The third kappa shape index (κ3) is 2.01. The van der Waals surface area contributed by atoms with Gasteiger partial charge in [-0.3, -0.25) is 0 Å². The van der Waals surface area contributed by atoms with E-state index in [-0.39, 0.29) is 5.79 Å². The Morgan fingerprint density at radius 3 is 3.07 bits per heavy atom. The van der Waals surface area contributed by atoms with Crippen LogP contribution in [0.5, 0.6) is 0 Å². The molecule has 14 heavy (non-hydrogen) atoms. The maximum absolute atomic E-state index is 6.00. The fraction of sp³-hybridized carbons (Fsp3) is 0.833. The lowest BCUT2D eigenvalue weighted by atomic mass is 10.2. The van der Waals surface area contributed by atoms with Crippen molar-refractivity contribution in [3.63, 3.8) is 0 Å². The molecule has 1 aliphatic heterocycles. The van der Waals surface area contributed by atoms with Crippen molar-refractivity contribution in [3.8, 4) is 0 Å². The lowest BCUT2D eigenvalue weighted by molar-refractivity contribution is -0.160. The van der Waals surface area contributed by atoms with Gasteiger partial charge in [-0.25, -0.2) is 0 Å². The number of hydrogen-bond donors (Lipinski definition) is 0. The van der Waals surface area contributed by atoms with Gasteiger partial charge in [-0.2, -0.15) is 0 Å². The Bertz CT molecular complexity index is 224. The Hall–Kier alpha value is -0.340. The number of rotatable bonds is 3. The molecular weight excluding hydrogens is 176 g/mol. The van der Waals surface area contributed by atoms with Crippen LogP contribution in [0.4, 0.5) is 0 Å². The van der Waals surface area contributed by atoms with E-state index in [4.69, 9.17) is 9.47 Å². The molecule has 1 saturated carbocycles. The van der Waals surface area contributed by atoms with Crippen LogP contribution in [0.15, 0.2) is 12.2 Å². The van der Waals surface area contributed by atoms with E-state index in [1.807, 2.05) is 0 Å². The van der Waals surface area contributed by atoms with E-state index in [9.17, 15) is 0 Å². The first kappa shape index (κ1) is 10.2. The highest BCUT2D eigenvalue weighted by atomic mass is 16.7. The fourth-order valence-electron chi connectivity index (χ4n) is 2.34. The second-order valence-electron chi connectivity index (χ2n) is 4.53. The molecule has 2 unspecified atom stereocenters. The first-order valence-corrected chi connectivity index (χ1v) is 5.72. The van der Waals surface area contributed by atoms with Crippen LogP contribution in [0.3, 0.4) is 0 Å². The monoisotopic (exact) mass is 196 g/mol. The van der Waals surface area contributed by atoms with Crippen molar-refractivity contribution < 1.29 is 9.47 Å². The molecule has 1 aliphatic carbocycles. The number of ether oxygens (including phenoxy) is 2. The zero-order valence-corrected chi connectivity index (χ0v) is 9.05.